The Morgan fingerprint density at radius 1 is 0.750 bits per heavy atom. The molecule has 0 aliphatic heterocycles. The highest BCUT2D eigenvalue weighted by Crippen LogP contribution is 2.06. The van der Waals surface area contributed by atoms with E-state index in [2.05, 4.69) is 0 Å². The highest BCUT2D eigenvalue weighted by Gasteiger charge is 1.90. The van der Waals surface area contributed by atoms with E-state index in [9.17, 15) is 0 Å². The number of ether oxygens (including phenoxy) is 2. The first-order valence-corrected chi connectivity index (χ1v) is 6.36. The molecule has 0 N–H and O–H groups in total. The largest absolute Gasteiger partial charge is 0.384 e. The van der Waals surface area contributed by atoms with E-state index in [1.807, 2.05) is 23.5 Å². The van der Waals surface area contributed by atoms with E-state index < -0.39 is 0 Å². The third-order valence-corrected chi connectivity index (χ3v) is 3.39. The molecule has 0 bridgehead atoms. The third kappa shape index (κ3) is 10.6. The molecule has 0 rings (SSSR count). The Labute approximate surface area is 83.8 Å². The molecule has 0 aromatic heterocycles. The topological polar surface area (TPSA) is 18.5 Å². The van der Waals surface area contributed by atoms with Gasteiger partial charge in [0.1, 0.15) is 0 Å². The summed E-state index contributed by atoms with van der Waals surface area (Å²) in [5.74, 6) is 4.66. The van der Waals surface area contributed by atoms with Crippen LogP contribution in [0.15, 0.2) is 0 Å². The number of thioether (sulfide) groups is 2. The predicted molar refractivity (Wildman–Crippen MR) is 58.4 cm³/mol. The van der Waals surface area contributed by atoms with Crippen molar-refractivity contribution in [2.75, 3.05) is 50.4 Å². The molecule has 0 unspecified atom stereocenters. The van der Waals surface area contributed by atoms with Crippen molar-refractivity contribution in [1.29, 1.82) is 0 Å². The average molecular weight is 210 g/mol. The Hall–Kier alpha value is 0.620. The summed E-state index contributed by atoms with van der Waals surface area (Å²) >= 11 is 3.90. The maximum absolute atomic E-state index is 4.94. The van der Waals surface area contributed by atoms with Crippen molar-refractivity contribution in [1.82, 2.24) is 0 Å². The second kappa shape index (κ2) is 11.6. The number of hydrogen-bond acceptors (Lipinski definition) is 4. The molecular weight excluding hydrogens is 192 g/mol. The van der Waals surface area contributed by atoms with Crippen molar-refractivity contribution in [2.24, 2.45) is 0 Å². The van der Waals surface area contributed by atoms with Crippen LogP contribution in [0.4, 0.5) is 0 Å². The molecule has 4 heteroatoms. The summed E-state index contributed by atoms with van der Waals surface area (Å²) < 4.78 is 9.88. The van der Waals surface area contributed by atoms with Gasteiger partial charge in [0.25, 0.3) is 0 Å². The lowest BCUT2D eigenvalue weighted by Crippen LogP contribution is -1.96. The first-order chi connectivity index (χ1) is 5.91. The number of rotatable bonds is 9. The van der Waals surface area contributed by atoms with Crippen molar-refractivity contribution in [3.05, 3.63) is 0 Å². The SMILES string of the molecule is COCCSCCSCCOC. The molecule has 0 amide bonds. The van der Waals surface area contributed by atoms with E-state index in [1.54, 1.807) is 14.2 Å². The highest BCUT2D eigenvalue weighted by atomic mass is 32.2. The van der Waals surface area contributed by atoms with Gasteiger partial charge in [0.2, 0.25) is 0 Å². The van der Waals surface area contributed by atoms with Crippen LogP contribution in [0.25, 0.3) is 0 Å². The van der Waals surface area contributed by atoms with Crippen LogP contribution in [-0.2, 0) is 9.47 Å². The molecule has 74 valence electrons. The summed E-state index contributed by atoms with van der Waals surface area (Å²) in [6.45, 7) is 1.74. The quantitative estimate of drug-likeness (QED) is 0.539. The van der Waals surface area contributed by atoms with Gasteiger partial charge in [-0.1, -0.05) is 0 Å². The molecule has 0 heterocycles. The molecule has 12 heavy (non-hydrogen) atoms. The lowest BCUT2D eigenvalue weighted by Gasteiger charge is -2.00. The summed E-state index contributed by atoms with van der Waals surface area (Å²) in [7, 11) is 3.49. The van der Waals surface area contributed by atoms with E-state index in [0.717, 1.165) is 24.7 Å². The maximum atomic E-state index is 4.94. The van der Waals surface area contributed by atoms with Crippen molar-refractivity contribution in [3.8, 4) is 0 Å². The Bertz CT molecular complexity index is 71.5. The van der Waals surface area contributed by atoms with Crippen molar-refractivity contribution in [2.45, 2.75) is 0 Å². The summed E-state index contributed by atoms with van der Waals surface area (Å²) in [6, 6.07) is 0. The zero-order chi connectivity index (χ0) is 9.07. The van der Waals surface area contributed by atoms with Gasteiger partial charge in [-0.2, -0.15) is 23.5 Å². The molecule has 0 fully saturated rings. The van der Waals surface area contributed by atoms with Crippen LogP contribution in [0.3, 0.4) is 0 Å². The minimum Gasteiger partial charge on any atom is -0.384 e. The van der Waals surface area contributed by atoms with E-state index in [-0.39, 0.29) is 0 Å². The summed E-state index contributed by atoms with van der Waals surface area (Å²) in [5.41, 5.74) is 0. The molecule has 0 saturated heterocycles. The van der Waals surface area contributed by atoms with Gasteiger partial charge in [-0.05, 0) is 0 Å². The molecular formula is C8H18O2S2. The van der Waals surface area contributed by atoms with Gasteiger partial charge in [-0.15, -0.1) is 0 Å². The predicted octanol–water partition coefficient (Wildman–Crippen LogP) is 1.75. The molecule has 0 aromatic carbocycles. The first kappa shape index (κ1) is 12.6. The van der Waals surface area contributed by atoms with Crippen LogP contribution in [-0.4, -0.2) is 50.4 Å². The van der Waals surface area contributed by atoms with Gasteiger partial charge >= 0.3 is 0 Å². The lowest BCUT2D eigenvalue weighted by atomic mass is 10.9. The smallest absolute Gasteiger partial charge is 0.0552 e. The van der Waals surface area contributed by atoms with Gasteiger partial charge in [-0.25, -0.2) is 0 Å². The number of methoxy groups -OCH3 is 2. The second-order valence-electron chi connectivity index (χ2n) is 2.21. The minimum absolute atomic E-state index is 0.868. The first-order valence-electron chi connectivity index (χ1n) is 4.05. The summed E-state index contributed by atoms with van der Waals surface area (Å²) in [4.78, 5) is 0. The van der Waals surface area contributed by atoms with Crippen LogP contribution < -0.4 is 0 Å². The highest BCUT2D eigenvalue weighted by molar-refractivity contribution is 8.02. The summed E-state index contributed by atoms with van der Waals surface area (Å²) in [5, 5.41) is 0. The molecule has 0 aliphatic rings. The van der Waals surface area contributed by atoms with Crippen molar-refractivity contribution < 1.29 is 9.47 Å². The Kier molecular flexibility index (Phi) is 12.2. The zero-order valence-electron chi connectivity index (χ0n) is 7.88. The lowest BCUT2D eigenvalue weighted by molar-refractivity contribution is 0.218. The normalized spacial score (nSPS) is 10.5. The van der Waals surface area contributed by atoms with E-state index in [1.165, 1.54) is 11.5 Å². The van der Waals surface area contributed by atoms with E-state index in [4.69, 9.17) is 9.47 Å². The molecule has 0 aromatic rings. The molecule has 2 nitrogen and oxygen atoms in total. The van der Waals surface area contributed by atoms with Crippen molar-refractivity contribution in [3.63, 3.8) is 0 Å². The van der Waals surface area contributed by atoms with E-state index >= 15 is 0 Å². The zero-order valence-corrected chi connectivity index (χ0v) is 9.51. The van der Waals surface area contributed by atoms with Crippen LogP contribution in [0.5, 0.6) is 0 Å². The van der Waals surface area contributed by atoms with Gasteiger partial charge < -0.3 is 9.47 Å². The fourth-order valence-electron chi connectivity index (χ4n) is 0.606. The standard InChI is InChI=1S/C8H18O2S2/c1-9-3-5-11-7-8-12-6-4-10-2/h3-8H2,1-2H3. The van der Waals surface area contributed by atoms with Gasteiger partial charge in [0.15, 0.2) is 0 Å². The van der Waals surface area contributed by atoms with Crippen molar-refractivity contribution >= 4 is 23.5 Å². The molecule has 0 aliphatic carbocycles. The Morgan fingerprint density at radius 3 is 1.50 bits per heavy atom. The Morgan fingerprint density at radius 2 is 1.17 bits per heavy atom. The van der Waals surface area contributed by atoms with E-state index in [0.29, 0.717) is 0 Å². The minimum atomic E-state index is 0.868. The monoisotopic (exact) mass is 210 g/mol. The van der Waals surface area contributed by atoms with Gasteiger partial charge in [-0.3, -0.25) is 0 Å². The van der Waals surface area contributed by atoms with Crippen LogP contribution in [0.1, 0.15) is 0 Å². The Balaban J connectivity index is 2.73. The molecule has 0 radical (unpaired) electrons. The van der Waals surface area contributed by atoms with Gasteiger partial charge in [0.05, 0.1) is 13.2 Å². The molecule has 0 spiro atoms. The molecule has 0 atom stereocenters. The van der Waals surface area contributed by atoms with Crippen LogP contribution >= 0.6 is 23.5 Å². The maximum Gasteiger partial charge on any atom is 0.0552 e. The fourth-order valence-corrected chi connectivity index (χ4v) is 2.53. The molecule has 0 saturated carbocycles. The number of hydrogen-bond donors (Lipinski definition) is 0. The van der Waals surface area contributed by atoms with Gasteiger partial charge in [0, 0.05) is 37.2 Å². The second-order valence-corrected chi connectivity index (χ2v) is 4.66. The van der Waals surface area contributed by atoms with Crippen LogP contribution in [0.2, 0.25) is 0 Å². The average Bonchev–Trinajstić information content (AvgIpc) is 2.10. The van der Waals surface area contributed by atoms with Crippen LogP contribution in [0, 0.1) is 0 Å². The third-order valence-electron chi connectivity index (χ3n) is 1.24. The fraction of sp³-hybridized carbons (Fsp3) is 1.00. The summed E-state index contributed by atoms with van der Waals surface area (Å²) in [6.07, 6.45) is 0.